The SMILES string of the molecule is C[C@@](N)(Cc1ccc(CN)cc1)C(=O)O. The molecule has 0 saturated heterocycles. The summed E-state index contributed by atoms with van der Waals surface area (Å²) in [5, 5.41) is 8.86. The summed E-state index contributed by atoms with van der Waals surface area (Å²) in [6.07, 6.45) is 0.313. The smallest absolute Gasteiger partial charge is 0.323 e. The van der Waals surface area contributed by atoms with Gasteiger partial charge in [-0.1, -0.05) is 24.3 Å². The van der Waals surface area contributed by atoms with Crippen molar-refractivity contribution in [1.29, 1.82) is 0 Å². The highest BCUT2D eigenvalue weighted by atomic mass is 16.4. The number of benzene rings is 1. The number of carboxylic acids is 1. The maximum atomic E-state index is 10.8. The van der Waals surface area contributed by atoms with Crippen molar-refractivity contribution in [3.8, 4) is 0 Å². The van der Waals surface area contributed by atoms with E-state index in [0.29, 0.717) is 13.0 Å². The fourth-order valence-corrected chi connectivity index (χ4v) is 1.29. The van der Waals surface area contributed by atoms with Crippen LogP contribution in [0.1, 0.15) is 18.1 Å². The van der Waals surface area contributed by atoms with Gasteiger partial charge in [0.15, 0.2) is 0 Å². The Morgan fingerprint density at radius 1 is 1.33 bits per heavy atom. The van der Waals surface area contributed by atoms with E-state index in [1.54, 1.807) is 0 Å². The van der Waals surface area contributed by atoms with Crippen LogP contribution in [-0.4, -0.2) is 16.6 Å². The Balaban J connectivity index is 2.77. The third kappa shape index (κ3) is 3.04. The van der Waals surface area contributed by atoms with Crippen LogP contribution in [0.5, 0.6) is 0 Å². The molecule has 1 aromatic carbocycles. The molecule has 0 radical (unpaired) electrons. The maximum Gasteiger partial charge on any atom is 0.323 e. The third-order valence-electron chi connectivity index (χ3n) is 2.32. The molecule has 15 heavy (non-hydrogen) atoms. The summed E-state index contributed by atoms with van der Waals surface area (Å²) in [5.74, 6) is -0.995. The molecule has 1 rings (SSSR count). The summed E-state index contributed by atoms with van der Waals surface area (Å²) in [5.41, 5.74) is 11.8. The zero-order valence-corrected chi connectivity index (χ0v) is 8.73. The number of carboxylic acid groups (broad SMARTS) is 1. The van der Waals surface area contributed by atoms with Gasteiger partial charge in [-0.15, -0.1) is 0 Å². The zero-order chi connectivity index (χ0) is 11.5. The highest BCUT2D eigenvalue weighted by Crippen LogP contribution is 2.12. The van der Waals surface area contributed by atoms with Gasteiger partial charge in [0.1, 0.15) is 5.54 Å². The van der Waals surface area contributed by atoms with Crippen molar-refractivity contribution in [2.24, 2.45) is 11.5 Å². The molecule has 0 aliphatic rings. The molecule has 0 unspecified atom stereocenters. The zero-order valence-electron chi connectivity index (χ0n) is 8.73. The Hall–Kier alpha value is -1.39. The molecule has 4 heteroatoms. The highest BCUT2D eigenvalue weighted by molar-refractivity contribution is 5.78. The van der Waals surface area contributed by atoms with E-state index in [4.69, 9.17) is 16.6 Å². The molecule has 0 aromatic heterocycles. The van der Waals surface area contributed by atoms with Crippen LogP contribution in [0.25, 0.3) is 0 Å². The summed E-state index contributed by atoms with van der Waals surface area (Å²) >= 11 is 0. The molecule has 0 heterocycles. The molecule has 4 nitrogen and oxygen atoms in total. The standard InChI is InChI=1S/C11H16N2O2/c1-11(13,10(14)15)6-8-2-4-9(7-12)5-3-8/h2-5H,6-7,12-13H2,1H3,(H,14,15)/t11-/m1/s1. The van der Waals surface area contributed by atoms with Gasteiger partial charge in [0.2, 0.25) is 0 Å². The van der Waals surface area contributed by atoms with Crippen LogP contribution in [0.15, 0.2) is 24.3 Å². The topological polar surface area (TPSA) is 89.3 Å². The summed E-state index contributed by atoms with van der Waals surface area (Å²) in [6.45, 7) is 1.99. The van der Waals surface area contributed by atoms with E-state index < -0.39 is 11.5 Å². The first-order valence-corrected chi connectivity index (χ1v) is 4.76. The quantitative estimate of drug-likeness (QED) is 0.671. The van der Waals surface area contributed by atoms with Crippen molar-refractivity contribution in [2.75, 3.05) is 0 Å². The van der Waals surface area contributed by atoms with Gasteiger partial charge in [-0.25, -0.2) is 0 Å². The van der Waals surface area contributed by atoms with Crippen molar-refractivity contribution < 1.29 is 9.90 Å². The second-order valence-corrected chi connectivity index (χ2v) is 3.92. The van der Waals surface area contributed by atoms with Crippen molar-refractivity contribution >= 4 is 5.97 Å². The van der Waals surface area contributed by atoms with Gasteiger partial charge < -0.3 is 16.6 Å². The monoisotopic (exact) mass is 208 g/mol. The predicted molar refractivity (Wildman–Crippen MR) is 58.3 cm³/mol. The molecule has 5 N–H and O–H groups in total. The number of rotatable bonds is 4. The largest absolute Gasteiger partial charge is 0.480 e. The molecule has 1 aromatic rings. The lowest BCUT2D eigenvalue weighted by atomic mass is 9.94. The average Bonchev–Trinajstić information content (AvgIpc) is 2.18. The number of hydrogen-bond donors (Lipinski definition) is 3. The van der Waals surface area contributed by atoms with Gasteiger partial charge in [0.05, 0.1) is 0 Å². The Labute approximate surface area is 88.9 Å². The van der Waals surface area contributed by atoms with E-state index in [0.717, 1.165) is 11.1 Å². The van der Waals surface area contributed by atoms with E-state index >= 15 is 0 Å². The highest BCUT2D eigenvalue weighted by Gasteiger charge is 2.27. The maximum absolute atomic E-state index is 10.8. The fourth-order valence-electron chi connectivity index (χ4n) is 1.29. The number of nitrogens with two attached hydrogens (primary N) is 2. The van der Waals surface area contributed by atoms with Gasteiger partial charge in [0.25, 0.3) is 0 Å². The Bertz CT molecular complexity index is 344. The minimum Gasteiger partial charge on any atom is -0.480 e. The first-order chi connectivity index (χ1) is 6.95. The lowest BCUT2D eigenvalue weighted by Crippen LogP contribution is -2.46. The normalized spacial score (nSPS) is 14.6. The van der Waals surface area contributed by atoms with E-state index in [2.05, 4.69) is 0 Å². The Morgan fingerprint density at radius 3 is 2.20 bits per heavy atom. The third-order valence-corrected chi connectivity index (χ3v) is 2.32. The molecule has 0 bridgehead atoms. The minimum absolute atomic E-state index is 0.313. The lowest BCUT2D eigenvalue weighted by molar-refractivity contribution is -0.142. The summed E-state index contributed by atoms with van der Waals surface area (Å²) in [7, 11) is 0. The molecule has 0 aliphatic carbocycles. The molecule has 0 fully saturated rings. The van der Waals surface area contributed by atoms with Crippen molar-refractivity contribution in [1.82, 2.24) is 0 Å². The van der Waals surface area contributed by atoms with Gasteiger partial charge in [-0.05, 0) is 18.1 Å². The first kappa shape index (κ1) is 11.7. The number of hydrogen-bond acceptors (Lipinski definition) is 3. The van der Waals surface area contributed by atoms with Crippen LogP contribution in [0.2, 0.25) is 0 Å². The van der Waals surface area contributed by atoms with Crippen molar-refractivity contribution in [2.45, 2.75) is 25.4 Å². The Morgan fingerprint density at radius 2 is 1.80 bits per heavy atom. The molecule has 0 aliphatic heterocycles. The van der Waals surface area contributed by atoms with Gasteiger partial charge in [-0.3, -0.25) is 4.79 Å². The summed E-state index contributed by atoms with van der Waals surface area (Å²) in [4.78, 5) is 10.8. The van der Waals surface area contributed by atoms with E-state index in [-0.39, 0.29) is 0 Å². The second kappa shape index (κ2) is 4.42. The minimum atomic E-state index is -1.22. The van der Waals surface area contributed by atoms with Crippen LogP contribution in [0, 0.1) is 0 Å². The molecule has 0 amide bonds. The first-order valence-electron chi connectivity index (χ1n) is 4.76. The van der Waals surface area contributed by atoms with Gasteiger partial charge in [0, 0.05) is 13.0 Å². The van der Waals surface area contributed by atoms with Crippen LogP contribution in [-0.2, 0) is 17.8 Å². The average molecular weight is 208 g/mol. The van der Waals surface area contributed by atoms with E-state index in [1.807, 2.05) is 24.3 Å². The molecular formula is C11H16N2O2. The molecule has 1 atom stereocenters. The van der Waals surface area contributed by atoms with E-state index in [1.165, 1.54) is 6.92 Å². The molecule has 0 saturated carbocycles. The van der Waals surface area contributed by atoms with Crippen molar-refractivity contribution in [3.05, 3.63) is 35.4 Å². The molecule has 0 spiro atoms. The predicted octanol–water partition coefficient (Wildman–Crippen LogP) is 0.490. The van der Waals surface area contributed by atoms with E-state index in [9.17, 15) is 4.79 Å². The number of carbonyl (C=O) groups is 1. The summed E-state index contributed by atoms with van der Waals surface area (Å²) < 4.78 is 0. The van der Waals surface area contributed by atoms with Crippen LogP contribution in [0.3, 0.4) is 0 Å². The van der Waals surface area contributed by atoms with Crippen molar-refractivity contribution in [3.63, 3.8) is 0 Å². The molecular weight excluding hydrogens is 192 g/mol. The number of aliphatic carboxylic acids is 1. The fraction of sp³-hybridized carbons (Fsp3) is 0.364. The lowest BCUT2D eigenvalue weighted by Gasteiger charge is -2.19. The van der Waals surface area contributed by atoms with Gasteiger partial charge in [-0.2, -0.15) is 0 Å². The second-order valence-electron chi connectivity index (χ2n) is 3.92. The van der Waals surface area contributed by atoms with Crippen LogP contribution >= 0.6 is 0 Å². The molecule has 82 valence electrons. The summed E-state index contributed by atoms with van der Waals surface area (Å²) in [6, 6.07) is 7.48. The van der Waals surface area contributed by atoms with Crippen LogP contribution < -0.4 is 11.5 Å². The Kier molecular flexibility index (Phi) is 3.44. The van der Waals surface area contributed by atoms with Gasteiger partial charge >= 0.3 is 5.97 Å². The van der Waals surface area contributed by atoms with Crippen LogP contribution in [0.4, 0.5) is 0 Å².